The fourth-order valence-corrected chi connectivity index (χ4v) is 1.15. The van der Waals surface area contributed by atoms with E-state index in [4.69, 9.17) is 5.11 Å². The van der Waals surface area contributed by atoms with Crippen LogP contribution in [0, 0.1) is 0 Å². The van der Waals surface area contributed by atoms with E-state index in [0.29, 0.717) is 5.69 Å². The largest absolute Gasteiger partial charge is 0.477 e. The summed E-state index contributed by atoms with van der Waals surface area (Å²) >= 11 is 0. The van der Waals surface area contributed by atoms with E-state index < -0.39 is 5.97 Å². The number of aromatic carboxylic acids is 1. The molecule has 0 radical (unpaired) electrons. The van der Waals surface area contributed by atoms with Gasteiger partial charge in [-0.1, -0.05) is 0 Å². The molecule has 0 aliphatic rings. The number of rotatable bonds is 2. The van der Waals surface area contributed by atoms with Gasteiger partial charge >= 0.3 is 5.97 Å². The number of carboxylic acids is 1. The van der Waals surface area contributed by atoms with E-state index in [1.165, 1.54) is 6.33 Å². The molecule has 5 heteroatoms. The molecule has 0 fully saturated rings. The molecule has 0 aliphatic carbocycles. The highest BCUT2D eigenvalue weighted by atomic mass is 16.4. The Bertz CT molecular complexity index is 416. The number of hydrogen-bond donors (Lipinski definition) is 3. The van der Waals surface area contributed by atoms with Gasteiger partial charge in [0, 0.05) is 18.0 Å². The van der Waals surface area contributed by atoms with Crippen LogP contribution in [-0.2, 0) is 0 Å². The van der Waals surface area contributed by atoms with Gasteiger partial charge in [0.05, 0.1) is 6.33 Å². The first-order valence-electron chi connectivity index (χ1n) is 3.69. The number of hydrogen-bond acceptors (Lipinski definition) is 2. The van der Waals surface area contributed by atoms with Crippen LogP contribution in [-0.4, -0.2) is 26.0 Å². The van der Waals surface area contributed by atoms with Crippen LogP contribution in [0.4, 0.5) is 0 Å². The van der Waals surface area contributed by atoms with Crippen LogP contribution in [0.1, 0.15) is 10.5 Å². The summed E-state index contributed by atoms with van der Waals surface area (Å²) in [5, 5.41) is 8.77. The minimum absolute atomic E-state index is 0.111. The smallest absolute Gasteiger partial charge is 0.354 e. The van der Waals surface area contributed by atoms with E-state index in [-0.39, 0.29) is 5.69 Å². The van der Waals surface area contributed by atoms with Crippen molar-refractivity contribution in [1.29, 1.82) is 0 Å². The summed E-state index contributed by atoms with van der Waals surface area (Å²) in [6.07, 6.45) is 4.78. The highest BCUT2D eigenvalue weighted by Crippen LogP contribution is 2.18. The molecule has 3 N–H and O–H groups in total. The predicted octanol–water partition coefficient (Wildman–Crippen LogP) is 1.10. The summed E-state index contributed by atoms with van der Waals surface area (Å²) < 4.78 is 0. The van der Waals surface area contributed by atoms with E-state index in [1.807, 2.05) is 0 Å². The second-order valence-corrected chi connectivity index (χ2v) is 2.53. The summed E-state index contributed by atoms with van der Waals surface area (Å²) in [6, 6.07) is 1.77. The quantitative estimate of drug-likeness (QED) is 0.642. The standard InChI is InChI=1S/C8H7N3O2/c12-8(13)7-6(10-4-11-7)5-1-2-9-3-5/h1-4,9H,(H,10,11)(H,12,13). The van der Waals surface area contributed by atoms with Gasteiger partial charge < -0.3 is 15.1 Å². The van der Waals surface area contributed by atoms with Crippen molar-refractivity contribution in [2.45, 2.75) is 0 Å². The average Bonchev–Trinajstić information content (AvgIpc) is 2.74. The van der Waals surface area contributed by atoms with Gasteiger partial charge in [-0.3, -0.25) is 0 Å². The monoisotopic (exact) mass is 177 g/mol. The molecule has 66 valence electrons. The maximum absolute atomic E-state index is 10.7. The third-order valence-electron chi connectivity index (χ3n) is 1.72. The van der Waals surface area contributed by atoms with Crippen LogP contribution in [0.25, 0.3) is 11.3 Å². The normalized spacial score (nSPS) is 10.2. The molecule has 0 amide bonds. The van der Waals surface area contributed by atoms with Crippen LogP contribution >= 0.6 is 0 Å². The highest BCUT2D eigenvalue weighted by Gasteiger charge is 2.14. The van der Waals surface area contributed by atoms with E-state index in [0.717, 1.165) is 5.56 Å². The molecule has 0 atom stereocenters. The summed E-state index contributed by atoms with van der Waals surface area (Å²) in [4.78, 5) is 20.0. The van der Waals surface area contributed by atoms with Crippen molar-refractivity contribution < 1.29 is 9.90 Å². The topological polar surface area (TPSA) is 81.8 Å². The molecular formula is C8H7N3O2. The Morgan fingerprint density at radius 2 is 2.38 bits per heavy atom. The third-order valence-corrected chi connectivity index (χ3v) is 1.72. The number of imidazole rings is 1. The fourth-order valence-electron chi connectivity index (χ4n) is 1.15. The molecule has 0 saturated heterocycles. The zero-order chi connectivity index (χ0) is 9.26. The van der Waals surface area contributed by atoms with Crippen LogP contribution in [0.5, 0.6) is 0 Å². The van der Waals surface area contributed by atoms with Gasteiger partial charge in [-0.2, -0.15) is 0 Å². The first-order chi connectivity index (χ1) is 6.29. The number of carbonyl (C=O) groups is 1. The van der Waals surface area contributed by atoms with Crippen LogP contribution < -0.4 is 0 Å². The second kappa shape index (κ2) is 2.78. The first-order valence-corrected chi connectivity index (χ1v) is 3.69. The number of nitrogens with zero attached hydrogens (tertiary/aromatic N) is 1. The minimum Gasteiger partial charge on any atom is -0.477 e. The maximum Gasteiger partial charge on any atom is 0.354 e. The van der Waals surface area contributed by atoms with Crippen LogP contribution in [0.15, 0.2) is 24.8 Å². The van der Waals surface area contributed by atoms with Crippen molar-refractivity contribution in [2.24, 2.45) is 0 Å². The molecule has 2 heterocycles. The van der Waals surface area contributed by atoms with E-state index >= 15 is 0 Å². The van der Waals surface area contributed by atoms with Gasteiger partial charge in [0.2, 0.25) is 0 Å². The Hall–Kier alpha value is -2.04. The Kier molecular flexibility index (Phi) is 1.63. The van der Waals surface area contributed by atoms with E-state index in [1.54, 1.807) is 18.5 Å². The van der Waals surface area contributed by atoms with Crippen LogP contribution in [0.3, 0.4) is 0 Å². The molecule has 0 saturated carbocycles. The molecule has 0 aliphatic heterocycles. The second-order valence-electron chi connectivity index (χ2n) is 2.53. The van der Waals surface area contributed by atoms with Gasteiger partial charge in [0.15, 0.2) is 5.69 Å². The van der Waals surface area contributed by atoms with Gasteiger partial charge in [-0.25, -0.2) is 9.78 Å². The number of H-pyrrole nitrogens is 2. The Morgan fingerprint density at radius 3 is 3.00 bits per heavy atom. The number of aromatic nitrogens is 3. The molecule has 0 spiro atoms. The first kappa shape index (κ1) is 7.60. The molecule has 2 rings (SSSR count). The lowest BCUT2D eigenvalue weighted by molar-refractivity contribution is 0.0692. The van der Waals surface area contributed by atoms with Gasteiger partial charge in [-0.05, 0) is 6.07 Å². The SMILES string of the molecule is O=C(O)c1[nH]cnc1-c1cc[nH]c1. The van der Waals surface area contributed by atoms with Crippen molar-refractivity contribution in [3.05, 3.63) is 30.5 Å². The highest BCUT2D eigenvalue weighted by molar-refractivity contribution is 5.92. The van der Waals surface area contributed by atoms with Gasteiger partial charge in [0.25, 0.3) is 0 Å². The van der Waals surface area contributed by atoms with E-state index in [2.05, 4.69) is 15.0 Å². The van der Waals surface area contributed by atoms with Crippen LogP contribution in [0.2, 0.25) is 0 Å². The summed E-state index contributed by atoms with van der Waals surface area (Å²) in [5.41, 5.74) is 1.33. The maximum atomic E-state index is 10.7. The van der Waals surface area contributed by atoms with Crippen molar-refractivity contribution in [1.82, 2.24) is 15.0 Å². The third kappa shape index (κ3) is 1.20. The van der Waals surface area contributed by atoms with Gasteiger partial charge in [-0.15, -0.1) is 0 Å². The van der Waals surface area contributed by atoms with Crippen molar-refractivity contribution in [3.8, 4) is 11.3 Å². The lowest BCUT2D eigenvalue weighted by atomic mass is 10.2. The van der Waals surface area contributed by atoms with Crippen molar-refractivity contribution >= 4 is 5.97 Å². The molecule has 13 heavy (non-hydrogen) atoms. The predicted molar refractivity (Wildman–Crippen MR) is 45.3 cm³/mol. The number of nitrogens with one attached hydrogen (secondary N) is 2. The lowest BCUT2D eigenvalue weighted by Gasteiger charge is -1.92. The Balaban J connectivity index is 2.52. The molecule has 2 aromatic heterocycles. The Morgan fingerprint density at radius 1 is 1.54 bits per heavy atom. The summed E-state index contributed by atoms with van der Waals surface area (Å²) in [5.74, 6) is -1.01. The summed E-state index contributed by atoms with van der Waals surface area (Å²) in [6.45, 7) is 0. The van der Waals surface area contributed by atoms with Crippen molar-refractivity contribution in [3.63, 3.8) is 0 Å². The van der Waals surface area contributed by atoms with Crippen molar-refractivity contribution in [2.75, 3.05) is 0 Å². The fraction of sp³-hybridized carbons (Fsp3) is 0. The molecule has 2 aromatic rings. The van der Waals surface area contributed by atoms with Gasteiger partial charge in [0.1, 0.15) is 5.69 Å². The van der Waals surface area contributed by atoms with E-state index in [9.17, 15) is 4.79 Å². The zero-order valence-electron chi connectivity index (χ0n) is 6.61. The summed E-state index contributed by atoms with van der Waals surface area (Å²) in [7, 11) is 0. The Labute approximate surface area is 73.4 Å². The number of carboxylic acid groups (broad SMARTS) is 1. The molecule has 0 bridgehead atoms. The number of aromatic amines is 2. The zero-order valence-corrected chi connectivity index (χ0v) is 6.61. The molecular weight excluding hydrogens is 170 g/mol. The lowest BCUT2D eigenvalue weighted by Crippen LogP contribution is -1.98. The average molecular weight is 177 g/mol. The molecule has 0 unspecified atom stereocenters. The molecule has 5 nitrogen and oxygen atoms in total. The molecule has 0 aromatic carbocycles. The minimum atomic E-state index is -1.01.